The summed E-state index contributed by atoms with van der Waals surface area (Å²) in [6, 6.07) is 0.773. The first-order valence-electron chi connectivity index (χ1n) is 12.0. The Morgan fingerprint density at radius 2 is 1.38 bits per heavy atom. The van der Waals surface area contributed by atoms with Crippen LogP contribution in [0.1, 0.15) is 37.7 Å². The minimum Gasteiger partial charge on any atom is -0.508 e. The van der Waals surface area contributed by atoms with E-state index in [4.69, 9.17) is 16.6 Å². The first-order valence-corrected chi connectivity index (χ1v) is 13.4. The van der Waals surface area contributed by atoms with Crippen LogP contribution in [0, 0.1) is 0 Å². The molecule has 4 amide bonds. The van der Waals surface area contributed by atoms with Gasteiger partial charge in [0.2, 0.25) is 23.6 Å². The van der Waals surface area contributed by atoms with Crippen LogP contribution < -0.4 is 27.4 Å². The van der Waals surface area contributed by atoms with Gasteiger partial charge in [0.05, 0.1) is 6.04 Å². The second-order valence-electron chi connectivity index (χ2n) is 8.72. The normalized spacial score (nSPS) is 13.8. The summed E-state index contributed by atoms with van der Waals surface area (Å²) >= 11 is 1.38. The van der Waals surface area contributed by atoms with E-state index in [1.807, 2.05) is 0 Å². The molecule has 0 saturated carbocycles. The molecule has 1 aromatic rings. The lowest BCUT2D eigenvalue weighted by Crippen LogP contribution is -2.57. The summed E-state index contributed by atoms with van der Waals surface area (Å²) in [4.78, 5) is 72.3. The highest BCUT2D eigenvalue weighted by atomic mass is 32.2. The van der Waals surface area contributed by atoms with Crippen LogP contribution in [0.3, 0.4) is 0 Å². The summed E-state index contributed by atoms with van der Waals surface area (Å²) in [5.74, 6) is -5.21. The van der Waals surface area contributed by atoms with Crippen molar-refractivity contribution in [3.8, 4) is 5.75 Å². The van der Waals surface area contributed by atoms with E-state index in [-0.39, 0.29) is 44.3 Å². The molecule has 0 aliphatic heterocycles. The molecule has 0 aromatic heterocycles. The summed E-state index contributed by atoms with van der Waals surface area (Å²) in [5.41, 5.74) is 11.4. The van der Waals surface area contributed by atoms with Crippen LogP contribution in [0.4, 0.5) is 0 Å². The van der Waals surface area contributed by atoms with E-state index >= 15 is 0 Å². The van der Waals surface area contributed by atoms with E-state index in [1.54, 1.807) is 6.26 Å². The summed E-state index contributed by atoms with van der Waals surface area (Å²) in [6.45, 7) is 0. The molecule has 0 saturated heterocycles. The van der Waals surface area contributed by atoms with E-state index in [1.165, 1.54) is 36.0 Å². The number of benzene rings is 1. The molecule has 0 aliphatic carbocycles. The van der Waals surface area contributed by atoms with Gasteiger partial charge >= 0.3 is 11.9 Å². The van der Waals surface area contributed by atoms with Gasteiger partial charge in [0.15, 0.2) is 0 Å². The van der Waals surface area contributed by atoms with Gasteiger partial charge in [0.25, 0.3) is 0 Å². The third kappa shape index (κ3) is 13.0. The van der Waals surface area contributed by atoms with Crippen LogP contribution in [-0.4, -0.2) is 87.1 Å². The van der Waals surface area contributed by atoms with Gasteiger partial charge in [-0.25, -0.2) is 4.79 Å². The highest BCUT2D eigenvalue weighted by Gasteiger charge is 2.30. The van der Waals surface area contributed by atoms with Crippen LogP contribution >= 0.6 is 11.8 Å². The predicted molar refractivity (Wildman–Crippen MR) is 142 cm³/mol. The fourth-order valence-corrected chi connectivity index (χ4v) is 3.83. The summed E-state index contributed by atoms with van der Waals surface area (Å²) in [7, 11) is 0. The SMILES string of the molecule is CSCCC(NC(=O)C(Cc1ccc(O)cc1)NC(=O)C(N)CCC(=O)O)C(=O)NC(CCC(N)=O)C(=O)O. The molecule has 4 atom stereocenters. The molecular formula is C24H35N5O9S. The topological polar surface area (TPSA) is 251 Å². The molecule has 10 N–H and O–H groups in total. The number of aliphatic carboxylic acids is 2. The van der Waals surface area contributed by atoms with Gasteiger partial charge in [-0.05, 0) is 49.0 Å². The van der Waals surface area contributed by atoms with Crippen LogP contribution in [0.2, 0.25) is 0 Å². The summed E-state index contributed by atoms with van der Waals surface area (Å²) in [5, 5.41) is 35.1. The lowest BCUT2D eigenvalue weighted by molar-refractivity contribution is -0.142. The van der Waals surface area contributed by atoms with Crippen LogP contribution in [0.25, 0.3) is 0 Å². The average Bonchev–Trinajstić information content (AvgIpc) is 2.87. The van der Waals surface area contributed by atoms with Gasteiger partial charge in [-0.1, -0.05) is 12.1 Å². The smallest absolute Gasteiger partial charge is 0.326 e. The van der Waals surface area contributed by atoms with Gasteiger partial charge in [-0.2, -0.15) is 11.8 Å². The summed E-state index contributed by atoms with van der Waals surface area (Å²) in [6.07, 6.45) is 0.789. The highest BCUT2D eigenvalue weighted by Crippen LogP contribution is 2.12. The molecule has 0 radical (unpaired) electrons. The molecule has 4 unspecified atom stereocenters. The van der Waals surface area contributed by atoms with Crippen LogP contribution in [0.15, 0.2) is 24.3 Å². The van der Waals surface area contributed by atoms with Crippen molar-refractivity contribution in [3.05, 3.63) is 29.8 Å². The Balaban J connectivity index is 3.10. The zero-order valence-electron chi connectivity index (χ0n) is 21.4. The van der Waals surface area contributed by atoms with Gasteiger partial charge in [0, 0.05) is 19.3 Å². The van der Waals surface area contributed by atoms with Crippen molar-refractivity contribution in [3.63, 3.8) is 0 Å². The number of nitrogens with two attached hydrogens (primary N) is 2. The molecule has 0 bridgehead atoms. The Labute approximate surface area is 229 Å². The van der Waals surface area contributed by atoms with Crippen molar-refractivity contribution >= 4 is 47.3 Å². The third-order valence-electron chi connectivity index (χ3n) is 5.55. The van der Waals surface area contributed by atoms with E-state index in [2.05, 4.69) is 16.0 Å². The fraction of sp³-hybridized carbons (Fsp3) is 0.500. The largest absolute Gasteiger partial charge is 0.508 e. The minimum atomic E-state index is -1.42. The number of carbonyl (C=O) groups is 6. The van der Waals surface area contributed by atoms with E-state index < -0.39 is 59.7 Å². The Hall–Kier alpha value is -3.85. The van der Waals surface area contributed by atoms with Crippen molar-refractivity contribution in [1.29, 1.82) is 0 Å². The molecule has 0 spiro atoms. The second kappa shape index (κ2) is 16.9. The molecule has 1 rings (SSSR count). The number of rotatable bonds is 18. The van der Waals surface area contributed by atoms with Gasteiger partial charge < -0.3 is 42.7 Å². The van der Waals surface area contributed by atoms with E-state index in [0.29, 0.717) is 11.3 Å². The molecule has 216 valence electrons. The van der Waals surface area contributed by atoms with Crippen LogP contribution in [0.5, 0.6) is 5.75 Å². The number of primary amides is 1. The Morgan fingerprint density at radius 1 is 0.821 bits per heavy atom. The monoisotopic (exact) mass is 569 g/mol. The van der Waals surface area contributed by atoms with Crippen molar-refractivity contribution in [1.82, 2.24) is 16.0 Å². The lowest BCUT2D eigenvalue weighted by Gasteiger charge is -2.25. The first kappa shape index (κ1) is 33.2. The first-order chi connectivity index (χ1) is 18.3. The van der Waals surface area contributed by atoms with Crippen molar-refractivity contribution in [2.75, 3.05) is 12.0 Å². The number of phenolic OH excluding ortho intramolecular Hbond substituents is 1. The second-order valence-corrected chi connectivity index (χ2v) is 9.70. The maximum Gasteiger partial charge on any atom is 0.326 e. The zero-order chi connectivity index (χ0) is 29.5. The molecular weight excluding hydrogens is 534 g/mol. The number of thioether (sulfide) groups is 1. The van der Waals surface area contributed by atoms with Crippen LogP contribution in [-0.2, 0) is 35.2 Å². The number of nitrogens with one attached hydrogen (secondary N) is 3. The fourth-order valence-electron chi connectivity index (χ4n) is 3.36. The number of carbonyl (C=O) groups excluding carboxylic acids is 4. The predicted octanol–water partition coefficient (Wildman–Crippen LogP) is -1.32. The van der Waals surface area contributed by atoms with Gasteiger partial charge in [-0.15, -0.1) is 0 Å². The summed E-state index contributed by atoms with van der Waals surface area (Å²) < 4.78 is 0. The quantitative estimate of drug-likeness (QED) is 0.103. The van der Waals surface area contributed by atoms with Crippen molar-refractivity contribution in [2.45, 2.75) is 62.7 Å². The highest BCUT2D eigenvalue weighted by molar-refractivity contribution is 7.98. The number of carboxylic acid groups (broad SMARTS) is 2. The molecule has 0 fully saturated rings. The Bertz CT molecular complexity index is 1020. The molecule has 1 aromatic carbocycles. The van der Waals surface area contributed by atoms with E-state index in [9.17, 15) is 39.0 Å². The number of aromatic hydroxyl groups is 1. The number of carboxylic acids is 2. The minimum absolute atomic E-state index is 0.0161. The molecule has 39 heavy (non-hydrogen) atoms. The molecule has 15 heteroatoms. The maximum atomic E-state index is 13.3. The van der Waals surface area contributed by atoms with E-state index in [0.717, 1.165) is 0 Å². The molecule has 0 aliphatic rings. The van der Waals surface area contributed by atoms with Crippen molar-refractivity contribution in [2.24, 2.45) is 11.5 Å². The third-order valence-corrected chi connectivity index (χ3v) is 6.20. The Morgan fingerprint density at radius 3 is 1.92 bits per heavy atom. The van der Waals surface area contributed by atoms with Crippen molar-refractivity contribution < 1.29 is 44.1 Å². The lowest BCUT2D eigenvalue weighted by atomic mass is 10.0. The average molecular weight is 570 g/mol. The molecule has 0 heterocycles. The maximum absolute atomic E-state index is 13.3. The number of phenols is 1. The number of amides is 4. The Kier molecular flexibility index (Phi) is 14.4. The number of hydrogen-bond donors (Lipinski definition) is 8. The molecule has 14 nitrogen and oxygen atoms in total. The standard InChI is InChI=1S/C24H35N5O9S/c1-39-11-10-16(22(35)28-17(24(37)38)7-8-19(26)31)27-23(36)18(12-13-2-4-14(30)5-3-13)29-21(34)15(25)6-9-20(32)33/h2-5,15-18,30H,6-12,25H2,1H3,(H2,26,31)(H,27,36)(H,28,35)(H,29,34)(H,32,33)(H,37,38). The number of hydrogen-bond acceptors (Lipinski definition) is 9. The zero-order valence-corrected chi connectivity index (χ0v) is 22.2. The van der Waals surface area contributed by atoms with Gasteiger partial charge in [0.1, 0.15) is 23.9 Å². The van der Waals surface area contributed by atoms with Gasteiger partial charge in [-0.3, -0.25) is 24.0 Å².